The van der Waals surface area contributed by atoms with Gasteiger partial charge in [-0.15, -0.1) is 0 Å². The minimum Gasteiger partial charge on any atom is -0.438 e. The van der Waals surface area contributed by atoms with Crippen molar-refractivity contribution in [2.45, 2.75) is 30.4 Å². The van der Waals surface area contributed by atoms with Crippen molar-refractivity contribution in [2.75, 3.05) is 18.8 Å². The predicted molar refractivity (Wildman–Crippen MR) is 105 cm³/mol. The van der Waals surface area contributed by atoms with Gasteiger partial charge in [0.25, 0.3) is 5.91 Å². The van der Waals surface area contributed by atoms with E-state index < -0.39 is 26.4 Å². The van der Waals surface area contributed by atoms with E-state index in [2.05, 4.69) is 15.1 Å². The number of halogens is 1. The highest BCUT2D eigenvalue weighted by Gasteiger charge is 2.64. The van der Waals surface area contributed by atoms with Crippen molar-refractivity contribution in [2.24, 2.45) is 0 Å². The number of oxazole rings is 1. The van der Waals surface area contributed by atoms with Crippen LogP contribution in [0.4, 0.5) is 4.39 Å². The van der Waals surface area contributed by atoms with Crippen LogP contribution in [0.1, 0.15) is 45.9 Å². The van der Waals surface area contributed by atoms with Crippen LogP contribution in [0.15, 0.2) is 39.6 Å². The Morgan fingerprint density at radius 2 is 2.10 bits per heavy atom. The Labute approximate surface area is 177 Å². The molecule has 0 N–H and O–H groups in total. The lowest BCUT2D eigenvalue weighted by atomic mass is 9.83. The van der Waals surface area contributed by atoms with Crippen LogP contribution in [0.5, 0.6) is 0 Å². The smallest absolute Gasteiger partial charge is 0.291 e. The summed E-state index contributed by atoms with van der Waals surface area (Å²) in [5, 5.41) is 3.92. The second-order valence-corrected chi connectivity index (χ2v) is 10.4. The highest BCUT2D eigenvalue weighted by Crippen LogP contribution is 2.49. The monoisotopic (exact) mass is 446 g/mol. The lowest BCUT2D eigenvalue weighted by Gasteiger charge is -2.48. The number of sulfone groups is 1. The Bertz CT molecular complexity index is 1260. The van der Waals surface area contributed by atoms with Gasteiger partial charge in [-0.05, 0) is 25.0 Å². The molecule has 1 unspecified atom stereocenters. The molecule has 1 atom stereocenters. The number of likely N-dealkylation sites (tertiary alicyclic amines) is 1. The number of hydrogen-bond acceptors (Lipinski definition) is 8. The molecule has 2 saturated heterocycles. The van der Waals surface area contributed by atoms with E-state index in [0.29, 0.717) is 17.7 Å². The second-order valence-electron chi connectivity index (χ2n) is 7.97. The third-order valence-electron chi connectivity index (χ3n) is 6.16. The summed E-state index contributed by atoms with van der Waals surface area (Å²) in [6.45, 7) is 1.69. The molecule has 162 valence electrons. The first kappa shape index (κ1) is 19.9. The summed E-state index contributed by atoms with van der Waals surface area (Å²) < 4.78 is 49.1. The van der Waals surface area contributed by atoms with Crippen molar-refractivity contribution in [3.05, 3.63) is 65.2 Å². The fraction of sp³-hybridized carbons (Fsp3) is 0.400. The summed E-state index contributed by atoms with van der Waals surface area (Å²) in [5.41, 5.74) is 0.873. The highest BCUT2D eigenvalue weighted by molar-refractivity contribution is 7.93. The molecule has 11 heteroatoms. The molecule has 1 aromatic carbocycles. The summed E-state index contributed by atoms with van der Waals surface area (Å²) in [6, 6.07) is 6.30. The van der Waals surface area contributed by atoms with Crippen LogP contribution in [0.2, 0.25) is 0 Å². The van der Waals surface area contributed by atoms with Crippen LogP contribution in [0, 0.1) is 12.7 Å². The molecule has 1 amide bonds. The molecular weight excluding hydrogens is 427 g/mol. The van der Waals surface area contributed by atoms with Gasteiger partial charge in [-0.2, -0.15) is 4.98 Å². The maximum absolute atomic E-state index is 13.9. The van der Waals surface area contributed by atoms with E-state index in [4.69, 9.17) is 8.94 Å². The quantitative estimate of drug-likeness (QED) is 0.596. The molecule has 9 nitrogen and oxygen atoms in total. The van der Waals surface area contributed by atoms with E-state index in [-0.39, 0.29) is 48.6 Å². The Morgan fingerprint density at radius 1 is 1.32 bits per heavy atom. The number of amides is 1. The predicted octanol–water partition coefficient (Wildman–Crippen LogP) is 1.89. The van der Waals surface area contributed by atoms with Crippen LogP contribution in [-0.2, 0) is 16.3 Å². The van der Waals surface area contributed by atoms with Crippen molar-refractivity contribution in [3.8, 4) is 0 Å². The number of aromatic nitrogens is 3. The molecule has 2 fully saturated rings. The van der Waals surface area contributed by atoms with E-state index in [1.807, 2.05) is 0 Å². The number of hydrogen-bond donors (Lipinski definition) is 0. The SMILES string of the molecule is Cc1ncoc1C(=O)N1CC2(C1)C(c1nc(Cc3ccccc3F)no1)CCS2(=O)=O. The minimum absolute atomic E-state index is 0.0179. The number of nitrogens with zero attached hydrogens (tertiary/aromatic N) is 4. The summed E-state index contributed by atoms with van der Waals surface area (Å²) in [7, 11) is -3.48. The van der Waals surface area contributed by atoms with E-state index in [1.54, 1.807) is 25.1 Å². The van der Waals surface area contributed by atoms with Crippen molar-refractivity contribution >= 4 is 15.7 Å². The summed E-state index contributed by atoms with van der Waals surface area (Å²) in [6.07, 6.45) is 1.65. The summed E-state index contributed by atoms with van der Waals surface area (Å²) in [4.78, 5) is 22.4. The van der Waals surface area contributed by atoms with Crippen molar-refractivity contribution in [3.63, 3.8) is 0 Å². The molecule has 2 aliphatic heterocycles. The number of aryl methyl sites for hydroxylation is 1. The van der Waals surface area contributed by atoms with Crippen molar-refractivity contribution in [1.82, 2.24) is 20.0 Å². The Kier molecular flexibility index (Phi) is 4.47. The first-order valence-electron chi connectivity index (χ1n) is 9.78. The number of rotatable bonds is 4. The van der Waals surface area contributed by atoms with E-state index in [9.17, 15) is 17.6 Å². The van der Waals surface area contributed by atoms with Crippen molar-refractivity contribution < 1.29 is 26.5 Å². The van der Waals surface area contributed by atoms with Crippen molar-refractivity contribution in [1.29, 1.82) is 0 Å². The van der Waals surface area contributed by atoms with Gasteiger partial charge in [0.1, 0.15) is 10.6 Å². The molecule has 4 heterocycles. The molecule has 0 radical (unpaired) electrons. The van der Waals surface area contributed by atoms with Crippen LogP contribution in [-0.4, -0.2) is 57.9 Å². The fourth-order valence-corrected chi connectivity index (χ4v) is 6.72. The minimum atomic E-state index is -3.48. The van der Waals surface area contributed by atoms with Crippen LogP contribution in [0.3, 0.4) is 0 Å². The molecule has 0 bridgehead atoms. The lowest BCUT2D eigenvalue weighted by molar-refractivity contribution is 0.0471. The largest absolute Gasteiger partial charge is 0.438 e. The van der Waals surface area contributed by atoms with Gasteiger partial charge >= 0.3 is 0 Å². The third kappa shape index (κ3) is 3.06. The normalized spacial score (nSPS) is 21.4. The van der Waals surface area contributed by atoms with Crippen LogP contribution >= 0.6 is 0 Å². The maximum Gasteiger partial charge on any atom is 0.291 e. The summed E-state index contributed by atoms with van der Waals surface area (Å²) in [5.74, 6) is -0.728. The molecular formula is C20H19FN4O5S. The van der Waals surface area contributed by atoms with Gasteiger partial charge in [0.05, 0.1) is 17.4 Å². The Morgan fingerprint density at radius 3 is 2.81 bits per heavy atom. The van der Waals surface area contributed by atoms with E-state index >= 15 is 0 Å². The zero-order chi connectivity index (χ0) is 21.8. The molecule has 31 heavy (non-hydrogen) atoms. The second kappa shape index (κ2) is 6.98. The highest BCUT2D eigenvalue weighted by atomic mass is 32.2. The van der Waals surface area contributed by atoms with Gasteiger partial charge < -0.3 is 13.8 Å². The molecule has 0 aliphatic carbocycles. The number of carbonyl (C=O) groups is 1. The van der Waals surface area contributed by atoms with Gasteiger partial charge in [-0.3, -0.25) is 4.79 Å². The third-order valence-corrected chi connectivity index (χ3v) is 8.72. The van der Waals surface area contributed by atoms with Crippen LogP contribution < -0.4 is 0 Å². The van der Waals surface area contributed by atoms with Gasteiger partial charge in [0.15, 0.2) is 22.1 Å². The Balaban J connectivity index is 1.38. The lowest BCUT2D eigenvalue weighted by Crippen LogP contribution is -2.67. The van der Waals surface area contributed by atoms with Crippen LogP contribution in [0.25, 0.3) is 0 Å². The molecule has 0 saturated carbocycles. The first-order chi connectivity index (χ1) is 14.8. The van der Waals surface area contributed by atoms with Gasteiger partial charge in [0, 0.05) is 19.5 Å². The molecule has 1 spiro atoms. The molecule has 2 aromatic heterocycles. The van der Waals surface area contributed by atoms with E-state index in [0.717, 1.165) is 0 Å². The average molecular weight is 446 g/mol. The fourth-order valence-electron chi connectivity index (χ4n) is 4.41. The van der Waals surface area contributed by atoms with Gasteiger partial charge in [-0.25, -0.2) is 17.8 Å². The Hall–Kier alpha value is -3.08. The van der Waals surface area contributed by atoms with Gasteiger partial charge in [0.2, 0.25) is 11.7 Å². The topological polar surface area (TPSA) is 119 Å². The molecule has 3 aromatic rings. The first-order valence-corrected chi connectivity index (χ1v) is 11.4. The molecule has 5 rings (SSSR count). The summed E-state index contributed by atoms with van der Waals surface area (Å²) >= 11 is 0. The number of carbonyl (C=O) groups excluding carboxylic acids is 1. The van der Waals surface area contributed by atoms with Gasteiger partial charge in [-0.1, -0.05) is 23.4 Å². The number of benzene rings is 1. The standard InChI is InChI=1S/C20H19FN4O5S/c1-12-17(29-11-22-12)19(26)25-9-20(10-25)14(6-7-31(20,27)28)18-23-16(24-30-18)8-13-4-2-3-5-15(13)21/h2-5,11,14H,6-10H2,1H3. The molecule has 2 aliphatic rings. The zero-order valence-electron chi connectivity index (χ0n) is 16.6. The maximum atomic E-state index is 13.9. The zero-order valence-corrected chi connectivity index (χ0v) is 17.4. The van der Waals surface area contributed by atoms with E-state index in [1.165, 1.54) is 17.4 Å². The average Bonchev–Trinajstić information content (AvgIpc) is 3.39.